The molecule has 1 fully saturated rings. The number of rotatable bonds is 4. The molecule has 0 aliphatic heterocycles. The molecule has 7 heteroatoms. The third-order valence-corrected chi connectivity index (χ3v) is 3.20. The van der Waals surface area contributed by atoms with Crippen LogP contribution in [0.3, 0.4) is 0 Å². The van der Waals surface area contributed by atoms with Gasteiger partial charge in [0, 0.05) is 18.4 Å². The Morgan fingerprint density at radius 1 is 1.15 bits per heavy atom. The van der Waals surface area contributed by atoms with Gasteiger partial charge in [0.1, 0.15) is 5.41 Å². The third-order valence-electron chi connectivity index (χ3n) is 3.20. The number of urea groups is 1. The van der Waals surface area contributed by atoms with Crippen LogP contribution in [-0.4, -0.2) is 30.1 Å². The predicted molar refractivity (Wildman–Crippen MR) is 72.5 cm³/mol. The maximum Gasteiger partial charge on any atom is 0.319 e. The van der Waals surface area contributed by atoms with Crippen molar-refractivity contribution in [1.82, 2.24) is 5.32 Å². The molecule has 0 aromatic heterocycles. The predicted octanol–water partition coefficient (Wildman–Crippen LogP) is 1.24. The van der Waals surface area contributed by atoms with E-state index in [1.165, 1.54) is 7.05 Å². The smallest absolute Gasteiger partial charge is 0.319 e. The molecule has 0 bridgehead atoms. The second-order valence-corrected chi connectivity index (χ2v) is 4.63. The van der Waals surface area contributed by atoms with Crippen molar-refractivity contribution < 1.29 is 19.5 Å². The van der Waals surface area contributed by atoms with Crippen LogP contribution >= 0.6 is 0 Å². The average Bonchev–Trinajstić information content (AvgIpc) is 3.20. The van der Waals surface area contributed by atoms with Gasteiger partial charge in [0.2, 0.25) is 5.91 Å². The van der Waals surface area contributed by atoms with Gasteiger partial charge in [0.05, 0.1) is 0 Å². The van der Waals surface area contributed by atoms with Crippen molar-refractivity contribution in [2.24, 2.45) is 5.41 Å². The average molecular weight is 277 g/mol. The van der Waals surface area contributed by atoms with E-state index in [4.69, 9.17) is 5.11 Å². The number of anilines is 2. The van der Waals surface area contributed by atoms with Crippen molar-refractivity contribution in [2.45, 2.75) is 12.8 Å². The Hall–Kier alpha value is -2.57. The first-order valence-corrected chi connectivity index (χ1v) is 6.11. The van der Waals surface area contributed by atoms with Crippen LogP contribution in [-0.2, 0) is 9.59 Å². The lowest BCUT2D eigenvalue weighted by atomic mass is 10.1. The molecular formula is C13H15N3O4. The van der Waals surface area contributed by atoms with Gasteiger partial charge < -0.3 is 21.1 Å². The number of benzene rings is 1. The Morgan fingerprint density at radius 3 is 2.25 bits per heavy atom. The molecule has 1 saturated carbocycles. The summed E-state index contributed by atoms with van der Waals surface area (Å²) in [6.45, 7) is 0. The maximum absolute atomic E-state index is 11.9. The molecule has 1 aliphatic rings. The molecule has 0 unspecified atom stereocenters. The Kier molecular flexibility index (Phi) is 3.60. The topological polar surface area (TPSA) is 108 Å². The van der Waals surface area contributed by atoms with E-state index in [0.29, 0.717) is 24.2 Å². The van der Waals surface area contributed by atoms with Crippen molar-refractivity contribution in [3.63, 3.8) is 0 Å². The van der Waals surface area contributed by atoms with Gasteiger partial charge in [-0.05, 0) is 31.0 Å². The standard InChI is InChI=1S/C13H15N3O4/c1-14-12(20)16-9-4-2-3-8(7-9)15-10(17)13(5-6-13)11(18)19/h2-4,7H,5-6H2,1H3,(H,15,17)(H,18,19)(H2,14,16,20). The highest BCUT2D eigenvalue weighted by Gasteiger charge is 2.57. The van der Waals surface area contributed by atoms with Crippen LogP contribution < -0.4 is 16.0 Å². The van der Waals surface area contributed by atoms with Crippen molar-refractivity contribution in [3.8, 4) is 0 Å². The molecule has 2 rings (SSSR count). The van der Waals surface area contributed by atoms with Crippen LogP contribution in [0.4, 0.5) is 16.2 Å². The van der Waals surface area contributed by atoms with Crippen molar-refractivity contribution >= 4 is 29.3 Å². The summed E-state index contributed by atoms with van der Waals surface area (Å²) in [5, 5.41) is 16.6. The largest absolute Gasteiger partial charge is 0.480 e. The molecule has 1 aromatic rings. The molecule has 0 saturated heterocycles. The number of hydrogen-bond acceptors (Lipinski definition) is 3. The number of carboxylic acid groups (broad SMARTS) is 1. The number of aliphatic carboxylic acids is 1. The second-order valence-electron chi connectivity index (χ2n) is 4.63. The van der Waals surface area contributed by atoms with Crippen LogP contribution in [0.15, 0.2) is 24.3 Å². The van der Waals surface area contributed by atoms with Crippen LogP contribution in [0, 0.1) is 5.41 Å². The van der Waals surface area contributed by atoms with Gasteiger partial charge in [-0.25, -0.2) is 4.79 Å². The van der Waals surface area contributed by atoms with Crippen molar-refractivity contribution in [3.05, 3.63) is 24.3 Å². The van der Waals surface area contributed by atoms with Crippen LogP contribution in [0.25, 0.3) is 0 Å². The summed E-state index contributed by atoms with van der Waals surface area (Å²) >= 11 is 0. The first-order chi connectivity index (χ1) is 9.48. The van der Waals surface area contributed by atoms with E-state index in [2.05, 4.69) is 16.0 Å². The molecule has 0 heterocycles. The van der Waals surface area contributed by atoms with E-state index in [-0.39, 0.29) is 6.03 Å². The van der Waals surface area contributed by atoms with Gasteiger partial charge in [-0.1, -0.05) is 6.07 Å². The molecule has 106 valence electrons. The van der Waals surface area contributed by atoms with E-state index < -0.39 is 17.3 Å². The second kappa shape index (κ2) is 5.20. The zero-order valence-electron chi connectivity index (χ0n) is 10.9. The number of carboxylic acids is 1. The van der Waals surface area contributed by atoms with E-state index in [1.54, 1.807) is 24.3 Å². The zero-order valence-corrected chi connectivity index (χ0v) is 10.9. The minimum absolute atomic E-state index is 0.352. The fraction of sp³-hybridized carbons (Fsp3) is 0.308. The van der Waals surface area contributed by atoms with Gasteiger partial charge in [-0.2, -0.15) is 0 Å². The summed E-state index contributed by atoms with van der Waals surface area (Å²) in [5.74, 6) is -1.63. The number of carbonyl (C=O) groups excluding carboxylic acids is 2. The van der Waals surface area contributed by atoms with Crippen molar-refractivity contribution in [2.75, 3.05) is 17.7 Å². The first kappa shape index (κ1) is 13.9. The SMILES string of the molecule is CNC(=O)Nc1cccc(NC(=O)C2(C(=O)O)CC2)c1. The zero-order chi connectivity index (χ0) is 14.8. The van der Waals surface area contributed by atoms with Crippen LogP contribution in [0.5, 0.6) is 0 Å². The minimum Gasteiger partial charge on any atom is -0.480 e. The summed E-state index contributed by atoms with van der Waals surface area (Å²) in [5.41, 5.74) is -0.344. The fourth-order valence-corrected chi connectivity index (χ4v) is 1.78. The van der Waals surface area contributed by atoms with Crippen LogP contribution in [0.1, 0.15) is 12.8 Å². The molecule has 1 aliphatic carbocycles. The highest BCUT2D eigenvalue weighted by Crippen LogP contribution is 2.46. The summed E-state index contributed by atoms with van der Waals surface area (Å²) in [7, 11) is 1.49. The number of hydrogen-bond donors (Lipinski definition) is 4. The summed E-state index contributed by atoms with van der Waals surface area (Å²) in [6, 6.07) is 6.13. The fourth-order valence-electron chi connectivity index (χ4n) is 1.78. The Morgan fingerprint density at radius 2 is 1.75 bits per heavy atom. The molecule has 3 amide bonds. The molecule has 20 heavy (non-hydrogen) atoms. The highest BCUT2D eigenvalue weighted by atomic mass is 16.4. The molecule has 7 nitrogen and oxygen atoms in total. The van der Waals surface area contributed by atoms with E-state index >= 15 is 0 Å². The van der Waals surface area contributed by atoms with Gasteiger partial charge >= 0.3 is 12.0 Å². The first-order valence-electron chi connectivity index (χ1n) is 6.11. The van der Waals surface area contributed by atoms with Crippen LogP contribution in [0.2, 0.25) is 0 Å². The Bertz CT molecular complexity index is 566. The summed E-state index contributed by atoms with van der Waals surface area (Å²) in [4.78, 5) is 34.2. The van der Waals surface area contributed by atoms with Gasteiger partial charge in [0.15, 0.2) is 0 Å². The van der Waals surface area contributed by atoms with Gasteiger partial charge in [-0.3, -0.25) is 9.59 Å². The van der Waals surface area contributed by atoms with Gasteiger partial charge in [-0.15, -0.1) is 0 Å². The minimum atomic E-state index is -1.29. The molecule has 4 N–H and O–H groups in total. The number of nitrogens with one attached hydrogen (secondary N) is 3. The number of carbonyl (C=O) groups is 3. The lowest BCUT2D eigenvalue weighted by Crippen LogP contribution is -2.31. The lowest BCUT2D eigenvalue weighted by Gasteiger charge is -2.12. The van der Waals surface area contributed by atoms with Crippen molar-refractivity contribution in [1.29, 1.82) is 0 Å². The summed E-state index contributed by atoms with van der Waals surface area (Å²) < 4.78 is 0. The van der Waals surface area contributed by atoms with E-state index in [1.807, 2.05) is 0 Å². The quantitative estimate of drug-likeness (QED) is 0.621. The summed E-state index contributed by atoms with van der Waals surface area (Å²) in [6.07, 6.45) is 0.703. The molecule has 0 atom stereocenters. The van der Waals surface area contributed by atoms with E-state index in [0.717, 1.165) is 0 Å². The monoisotopic (exact) mass is 277 g/mol. The molecule has 0 radical (unpaired) electrons. The maximum atomic E-state index is 11.9. The number of amides is 3. The molecule has 0 spiro atoms. The molecular weight excluding hydrogens is 262 g/mol. The Balaban J connectivity index is 2.07. The highest BCUT2D eigenvalue weighted by molar-refractivity contribution is 6.11. The van der Waals surface area contributed by atoms with Gasteiger partial charge in [0.25, 0.3) is 0 Å². The lowest BCUT2D eigenvalue weighted by molar-refractivity contribution is -0.147. The Labute approximate surface area is 115 Å². The van der Waals surface area contributed by atoms with E-state index in [9.17, 15) is 14.4 Å². The third kappa shape index (κ3) is 2.71. The normalized spacial score (nSPS) is 15.1. The molecule has 1 aromatic carbocycles.